The maximum atomic E-state index is 12.3. The molecule has 0 amide bonds. The van der Waals surface area contributed by atoms with Gasteiger partial charge in [-0.3, -0.25) is 0 Å². The molecule has 0 aromatic heterocycles. The Morgan fingerprint density at radius 1 is 0.971 bits per heavy atom. The standard InChI is InChI=1S/C19H32O16/c1-30-17-15(33-16-12(27)11(26)8(4-21)31-16)14(9(5-22)32-17)35-19(18(28)29)2-6(23)10(25)13(34-19)7(24)3-20/h6-17,20-27H,2-5H2,1H3,(H,28,29)/t6-,7+,8+,9+,10+,11-,12+,13-,14-,15+,16-,17+,19-/m0/s1. The Morgan fingerprint density at radius 3 is 2.11 bits per heavy atom. The number of carbonyl (C=O) groups is 1. The molecular weight excluding hydrogens is 484 g/mol. The molecule has 16 heteroatoms. The third-order valence-electron chi connectivity index (χ3n) is 6.22. The van der Waals surface area contributed by atoms with Crippen LogP contribution in [-0.2, 0) is 33.2 Å². The van der Waals surface area contributed by atoms with Gasteiger partial charge < -0.3 is 74.4 Å². The zero-order chi connectivity index (χ0) is 26.1. The summed E-state index contributed by atoms with van der Waals surface area (Å²) in [5.41, 5.74) is 0. The maximum absolute atomic E-state index is 12.3. The van der Waals surface area contributed by atoms with Crippen molar-refractivity contribution >= 4 is 5.97 Å². The van der Waals surface area contributed by atoms with E-state index >= 15 is 0 Å². The molecule has 204 valence electrons. The number of aliphatic carboxylic acids is 1. The Bertz CT molecular complexity index is 710. The molecular formula is C19H32O16. The van der Waals surface area contributed by atoms with Crippen molar-refractivity contribution < 1.29 is 79.2 Å². The number of aliphatic hydroxyl groups is 8. The molecule has 3 aliphatic heterocycles. The van der Waals surface area contributed by atoms with Crippen LogP contribution < -0.4 is 0 Å². The lowest BCUT2D eigenvalue weighted by atomic mass is 9.92. The zero-order valence-corrected chi connectivity index (χ0v) is 18.6. The molecule has 3 aliphatic rings. The van der Waals surface area contributed by atoms with E-state index in [1.54, 1.807) is 0 Å². The Labute approximate surface area is 198 Å². The monoisotopic (exact) mass is 516 g/mol. The molecule has 0 unspecified atom stereocenters. The summed E-state index contributed by atoms with van der Waals surface area (Å²) in [6.07, 6.45) is -19.3. The molecule has 13 atom stereocenters. The van der Waals surface area contributed by atoms with Gasteiger partial charge in [-0.2, -0.15) is 0 Å². The summed E-state index contributed by atoms with van der Waals surface area (Å²) in [6, 6.07) is 0. The van der Waals surface area contributed by atoms with Crippen molar-refractivity contribution in [3.8, 4) is 0 Å². The molecule has 35 heavy (non-hydrogen) atoms. The van der Waals surface area contributed by atoms with Gasteiger partial charge in [-0.1, -0.05) is 0 Å². The molecule has 3 fully saturated rings. The van der Waals surface area contributed by atoms with Crippen LogP contribution >= 0.6 is 0 Å². The van der Waals surface area contributed by atoms with E-state index < -0.39 is 112 Å². The molecule has 0 spiro atoms. The molecule has 3 heterocycles. The second kappa shape index (κ2) is 11.5. The maximum Gasteiger partial charge on any atom is 0.364 e. The first-order chi connectivity index (χ1) is 16.5. The number of methoxy groups -OCH3 is 1. The van der Waals surface area contributed by atoms with Crippen LogP contribution in [0, 0.1) is 0 Å². The zero-order valence-electron chi connectivity index (χ0n) is 18.6. The second-order valence-corrected chi connectivity index (χ2v) is 8.50. The highest BCUT2D eigenvalue weighted by Gasteiger charge is 2.60. The van der Waals surface area contributed by atoms with Crippen LogP contribution in [0.5, 0.6) is 0 Å². The number of hydrogen-bond donors (Lipinski definition) is 9. The van der Waals surface area contributed by atoms with Crippen LogP contribution in [-0.4, -0.2) is 158 Å². The average molecular weight is 516 g/mol. The van der Waals surface area contributed by atoms with Crippen molar-refractivity contribution in [2.24, 2.45) is 0 Å². The van der Waals surface area contributed by atoms with Gasteiger partial charge >= 0.3 is 5.97 Å². The first-order valence-electron chi connectivity index (χ1n) is 10.8. The second-order valence-electron chi connectivity index (χ2n) is 8.50. The highest BCUT2D eigenvalue weighted by molar-refractivity contribution is 5.76. The van der Waals surface area contributed by atoms with Crippen molar-refractivity contribution in [2.75, 3.05) is 26.9 Å². The van der Waals surface area contributed by atoms with E-state index in [2.05, 4.69) is 0 Å². The van der Waals surface area contributed by atoms with Gasteiger partial charge in [-0.15, -0.1) is 0 Å². The van der Waals surface area contributed by atoms with E-state index in [1.165, 1.54) is 7.11 Å². The molecule has 0 saturated carbocycles. The molecule has 0 aliphatic carbocycles. The third kappa shape index (κ3) is 5.46. The molecule has 0 aromatic rings. The van der Waals surface area contributed by atoms with Crippen LogP contribution in [0.25, 0.3) is 0 Å². The number of aliphatic hydroxyl groups excluding tert-OH is 8. The first-order valence-corrected chi connectivity index (χ1v) is 10.8. The number of hydrogen-bond acceptors (Lipinski definition) is 15. The van der Waals surface area contributed by atoms with Crippen molar-refractivity contribution in [3.05, 3.63) is 0 Å². The van der Waals surface area contributed by atoms with Crippen molar-refractivity contribution in [3.63, 3.8) is 0 Å². The Balaban J connectivity index is 1.90. The summed E-state index contributed by atoms with van der Waals surface area (Å²) in [7, 11) is 1.20. The summed E-state index contributed by atoms with van der Waals surface area (Å²) < 4.78 is 32.7. The SMILES string of the molecule is CO[C@@H]1O[C@H](CO)[C@H](O[C@]2(C(=O)O)C[C@H](O)[C@@H](O)[C@H]([C@H](O)CO)O2)[C@H]1O[C@@H]1O[C@H](CO)[C@H](O)[C@H]1O. The minimum Gasteiger partial charge on any atom is -0.477 e. The molecule has 3 rings (SSSR count). The van der Waals surface area contributed by atoms with Crippen LogP contribution in [0.3, 0.4) is 0 Å². The van der Waals surface area contributed by atoms with E-state index in [0.717, 1.165) is 0 Å². The highest BCUT2D eigenvalue weighted by Crippen LogP contribution is 2.39. The minimum atomic E-state index is -2.71. The lowest BCUT2D eigenvalue weighted by molar-refractivity contribution is -0.345. The Morgan fingerprint density at radius 2 is 1.60 bits per heavy atom. The quantitative estimate of drug-likeness (QED) is 0.131. The molecule has 16 nitrogen and oxygen atoms in total. The summed E-state index contributed by atoms with van der Waals surface area (Å²) in [6.45, 7) is -2.31. The lowest BCUT2D eigenvalue weighted by Crippen LogP contribution is -2.64. The van der Waals surface area contributed by atoms with Gasteiger partial charge in [0.2, 0.25) is 0 Å². The summed E-state index contributed by atoms with van der Waals surface area (Å²) >= 11 is 0. The van der Waals surface area contributed by atoms with E-state index in [-0.39, 0.29) is 0 Å². The predicted octanol–water partition coefficient (Wildman–Crippen LogP) is -5.80. The van der Waals surface area contributed by atoms with Gasteiger partial charge in [0, 0.05) is 13.5 Å². The summed E-state index contributed by atoms with van der Waals surface area (Å²) in [4.78, 5) is 12.3. The van der Waals surface area contributed by atoms with Crippen LogP contribution in [0.2, 0.25) is 0 Å². The molecule has 9 N–H and O–H groups in total. The Hall–Kier alpha value is -1.09. The average Bonchev–Trinajstić information content (AvgIpc) is 3.31. The Kier molecular flexibility index (Phi) is 9.38. The summed E-state index contributed by atoms with van der Waals surface area (Å²) in [5.74, 6) is -4.49. The number of carboxylic acids is 1. The van der Waals surface area contributed by atoms with E-state index in [0.29, 0.717) is 0 Å². The van der Waals surface area contributed by atoms with Crippen LogP contribution in [0.4, 0.5) is 0 Å². The van der Waals surface area contributed by atoms with Gasteiger partial charge in [0.25, 0.3) is 5.79 Å². The lowest BCUT2D eigenvalue weighted by Gasteiger charge is -2.45. The first kappa shape index (κ1) is 28.5. The van der Waals surface area contributed by atoms with Crippen molar-refractivity contribution in [1.29, 1.82) is 0 Å². The van der Waals surface area contributed by atoms with Gasteiger partial charge in [0.15, 0.2) is 12.6 Å². The number of ether oxygens (including phenoxy) is 6. The topological polar surface area (TPSA) is 255 Å². The van der Waals surface area contributed by atoms with Crippen LogP contribution in [0.1, 0.15) is 6.42 Å². The van der Waals surface area contributed by atoms with E-state index in [4.69, 9.17) is 28.4 Å². The third-order valence-corrected chi connectivity index (χ3v) is 6.22. The molecule has 0 radical (unpaired) electrons. The van der Waals surface area contributed by atoms with Crippen molar-refractivity contribution in [2.45, 2.75) is 85.8 Å². The fourth-order valence-electron chi connectivity index (χ4n) is 4.29. The van der Waals surface area contributed by atoms with Gasteiger partial charge in [-0.25, -0.2) is 4.79 Å². The van der Waals surface area contributed by atoms with E-state index in [1.807, 2.05) is 0 Å². The number of rotatable bonds is 10. The van der Waals surface area contributed by atoms with Gasteiger partial charge in [0.1, 0.15) is 54.9 Å². The van der Waals surface area contributed by atoms with Crippen molar-refractivity contribution in [1.82, 2.24) is 0 Å². The summed E-state index contributed by atoms with van der Waals surface area (Å²) in [5, 5.41) is 88.9. The smallest absolute Gasteiger partial charge is 0.364 e. The van der Waals surface area contributed by atoms with E-state index in [9.17, 15) is 50.8 Å². The largest absolute Gasteiger partial charge is 0.477 e. The fourth-order valence-corrected chi connectivity index (χ4v) is 4.29. The van der Waals surface area contributed by atoms with Gasteiger partial charge in [-0.05, 0) is 0 Å². The highest BCUT2D eigenvalue weighted by atomic mass is 16.8. The molecule has 0 bridgehead atoms. The minimum absolute atomic E-state index is 0.642. The fraction of sp³-hybridized carbons (Fsp3) is 0.947. The van der Waals surface area contributed by atoms with Crippen LogP contribution in [0.15, 0.2) is 0 Å². The van der Waals surface area contributed by atoms with Gasteiger partial charge in [0.05, 0.1) is 25.9 Å². The molecule has 0 aromatic carbocycles. The molecule has 3 saturated heterocycles. The predicted molar refractivity (Wildman–Crippen MR) is 105 cm³/mol. The number of carboxylic acid groups (broad SMARTS) is 1. The normalized spacial score (nSPS) is 47.2.